The van der Waals surface area contributed by atoms with E-state index >= 15 is 0 Å². The summed E-state index contributed by atoms with van der Waals surface area (Å²) in [6.07, 6.45) is 22.1. The summed E-state index contributed by atoms with van der Waals surface area (Å²) in [5.41, 5.74) is 0. The molecule has 0 N–H and O–H groups in total. The zero-order valence-electron chi connectivity index (χ0n) is 14.9. The molecule has 0 aromatic heterocycles. The summed E-state index contributed by atoms with van der Waals surface area (Å²) in [5, 5.41) is 1.41. The van der Waals surface area contributed by atoms with E-state index < -0.39 is 0 Å². The van der Waals surface area contributed by atoms with Crippen LogP contribution in [-0.4, -0.2) is 34.1 Å². The molecular weight excluding hydrogens is 354 g/mol. The van der Waals surface area contributed by atoms with Crippen LogP contribution in [0.4, 0.5) is 0 Å². The minimum Gasteiger partial charge on any atom is -0.179 e. The molecule has 0 amide bonds. The first-order chi connectivity index (χ1) is 11.2. The van der Waals surface area contributed by atoms with Gasteiger partial charge in [-0.25, -0.2) is 0 Å². The van der Waals surface area contributed by atoms with Crippen molar-refractivity contribution in [2.45, 2.75) is 93.8 Å². The molecule has 2 fully saturated rings. The van der Waals surface area contributed by atoms with Crippen LogP contribution in [0.1, 0.15) is 83.5 Å². The summed E-state index contributed by atoms with van der Waals surface area (Å²) in [6, 6.07) is 0. The van der Waals surface area contributed by atoms with Crippen LogP contribution in [0.25, 0.3) is 0 Å². The standard InChI is InChI=1S/C19H38P2S2/c22-16-12-18(8-3-1-4-9-18)20-14-7-15-21-19(13-17-23)10-5-2-6-11-19/h20-23H,1-17H2. The van der Waals surface area contributed by atoms with Gasteiger partial charge in [-0.15, -0.1) is 17.2 Å². The van der Waals surface area contributed by atoms with E-state index in [9.17, 15) is 0 Å². The van der Waals surface area contributed by atoms with E-state index in [2.05, 4.69) is 25.3 Å². The number of hydrogen-bond acceptors (Lipinski definition) is 2. The van der Waals surface area contributed by atoms with Gasteiger partial charge in [0.1, 0.15) is 0 Å². The van der Waals surface area contributed by atoms with E-state index in [1.807, 2.05) is 0 Å². The average Bonchev–Trinajstić information content (AvgIpc) is 2.57. The predicted molar refractivity (Wildman–Crippen MR) is 120 cm³/mol. The first-order valence-corrected chi connectivity index (χ1v) is 13.6. The van der Waals surface area contributed by atoms with E-state index in [1.54, 1.807) is 0 Å². The fourth-order valence-electron chi connectivity index (χ4n) is 4.71. The maximum atomic E-state index is 4.55. The summed E-state index contributed by atoms with van der Waals surface area (Å²) in [7, 11) is 2.42. The Balaban J connectivity index is 1.69. The lowest BCUT2D eigenvalue weighted by Crippen LogP contribution is -2.28. The van der Waals surface area contributed by atoms with Gasteiger partial charge >= 0.3 is 0 Å². The molecule has 0 spiro atoms. The van der Waals surface area contributed by atoms with Crippen LogP contribution in [0.2, 0.25) is 0 Å². The largest absolute Gasteiger partial charge is 0.179 e. The Labute approximate surface area is 159 Å². The Morgan fingerprint density at radius 2 is 1.00 bits per heavy atom. The van der Waals surface area contributed by atoms with Crippen LogP contribution in [0.15, 0.2) is 0 Å². The van der Waals surface area contributed by atoms with Gasteiger partial charge in [-0.05, 0) is 79.1 Å². The lowest BCUT2D eigenvalue weighted by Gasteiger charge is -2.38. The molecule has 2 unspecified atom stereocenters. The van der Waals surface area contributed by atoms with Crippen molar-refractivity contribution in [1.29, 1.82) is 0 Å². The molecule has 4 heteroatoms. The Morgan fingerprint density at radius 1 is 0.609 bits per heavy atom. The Bertz CT molecular complexity index is 269. The summed E-state index contributed by atoms with van der Waals surface area (Å²) >= 11 is 9.10. The summed E-state index contributed by atoms with van der Waals surface area (Å²) in [4.78, 5) is 0. The lowest BCUT2D eigenvalue weighted by molar-refractivity contribution is 0.385. The van der Waals surface area contributed by atoms with Crippen molar-refractivity contribution in [3.63, 3.8) is 0 Å². The fourth-order valence-corrected chi connectivity index (χ4v) is 10.1. The van der Waals surface area contributed by atoms with Crippen LogP contribution < -0.4 is 0 Å². The van der Waals surface area contributed by atoms with Crippen molar-refractivity contribution < 1.29 is 0 Å². The van der Waals surface area contributed by atoms with Gasteiger partial charge in [-0.2, -0.15) is 25.3 Å². The number of hydrogen-bond donors (Lipinski definition) is 2. The second-order valence-electron chi connectivity index (χ2n) is 7.84. The van der Waals surface area contributed by atoms with Crippen molar-refractivity contribution in [3.8, 4) is 0 Å². The first-order valence-electron chi connectivity index (χ1n) is 9.96. The quantitative estimate of drug-likeness (QED) is 0.228. The van der Waals surface area contributed by atoms with Crippen molar-refractivity contribution >= 4 is 42.4 Å². The summed E-state index contributed by atoms with van der Waals surface area (Å²) in [5.74, 6) is 2.19. The third-order valence-electron chi connectivity index (χ3n) is 6.16. The Kier molecular flexibility index (Phi) is 10.3. The highest BCUT2D eigenvalue weighted by Gasteiger charge is 2.32. The summed E-state index contributed by atoms with van der Waals surface area (Å²) in [6.45, 7) is 0. The summed E-state index contributed by atoms with van der Waals surface area (Å²) < 4.78 is 0. The van der Waals surface area contributed by atoms with Gasteiger partial charge in [0.25, 0.3) is 0 Å². The molecule has 2 aliphatic carbocycles. The molecular formula is C19H38P2S2. The van der Waals surface area contributed by atoms with Gasteiger partial charge in [-0.3, -0.25) is 0 Å². The van der Waals surface area contributed by atoms with Crippen molar-refractivity contribution in [3.05, 3.63) is 0 Å². The second-order valence-corrected chi connectivity index (χ2v) is 12.6. The number of rotatable bonds is 10. The third kappa shape index (κ3) is 7.00. The van der Waals surface area contributed by atoms with Crippen molar-refractivity contribution in [1.82, 2.24) is 0 Å². The average molecular weight is 393 g/mol. The predicted octanol–water partition coefficient (Wildman–Crippen LogP) is 6.78. The number of thiol groups is 2. The molecule has 2 rings (SSSR count). The van der Waals surface area contributed by atoms with Crippen molar-refractivity contribution in [2.24, 2.45) is 0 Å². The van der Waals surface area contributed by atoms with E-state index in [0.717, 1.165) is 11.5 Å². The maximum absolute atomic E-state index is 4.55. The molecule has 2 saturated carbocycles. The van der Waals surface area contributed by atoms with Gasteiger partial charge in [0.15, 0.2) is 0 Å². The topological polar surface area (TPSA) is 0 Å². The molecule has 2 atom stereocenters. The van der Waals surface area contributed by atoms with Gasteiger partial charge in [0.2, 0.25) is 0 Å². The van der Waals surface area contributed by atoms with Crippen LogP contribution in [0.3, 0.4) is 0 Å². The highest BCUT2D eigenvalue weighted by molar-refractivity contribution is 7.80. The normalized spacial score (nSPS) is 24.8. The van der Waals surface area contributed by atoms with Crippen LogP contribution in [-0.2, 0) is 0 Å². The van der Waals surface area contributed by atoms with Crippen molar-refractivity contribution in [2.75, 3.05) is 23.8 Å². The zero-order chi connectivity index (χ0) is 16.4. The third-order valence-corrected chi connectivity index (χ3v) is 10.8. The van der Waals surface area contributed by atoms with Crippen LogP contribution >= 0.6 is 42.4 Å². The monoisotopic (exact) mass is 392 g/mol. The molecule has 0 radical (unpaired) electrons. The van der Waals surface area contributed by atoms with Gasteiger partial charge in [0.05, 0.1) is 0 Å². The van der Waals surface area contributed by atoms with E-state index in [0.29, 0.717) is 10.3 Å². The van der Waals surface area contributed by atoms with Crippen LogP contribution in [0.5, 0.6) is 0 Å². The van der Waals surface area contributed by atoms with Gasteiger partial charge in [-0.1, -0.05) is 38.5 Å². The minimum absolute atomic E-state index is 0.705. The molecule has 0 saturated heterocycles. The molecule has 0 bridgehead atoms. The fraction of sp³-hybridized carbons (Fsp3) is 1.00. The van der Waals surface area contributed by atoms with E-state index in [1.165, 1.54) is 113 Å². The molecule has 0 aromatic rings. The van der Waals surface area contributed by atoms with E-state index in [4.69, 9.17) is 0 Å². The smallest absolute Gasteiger partial charge is 0.00893 e. The second kappa shape index (κ2) is 11.3. The molecule has 0 heterocycles. The SMILES string of the molecule is SCCC1(PCCCPC2(CCS)CCCCC2)CCCCC1. The van der Waals surface area contributed by atoms with Gasteiger partial charge in [0, 0.05) is 0 Å². The molecule has 23 heavy (non-hydrogen) atoms. The molecule has 136 valence electrons. The molecule has 2 aliphatic rings. The highest BCUT2D eigenvalue weighted by atomic mass is 32.1. The Morgan fingerprint density at radius 3 is 1.35 bits per heavy atom. The highest BCUT2D eigenvalue weighted by Crippen LogP contribution is 2.49. The minimum atomic E-state index is 0.705. The van der Waals surface area contributed by atoms with Crippen LogP contribution in [0, 0.1) is 0 Å². The lowest BCUT2D eigenvalue weighted by atomic mass is 9.86. The molecule has 0 aliphatic heterocycles. The molecule has 0 aromatic carbocycles. The van der Waals surface area contributed by atoms with Gasteiger partial charge < -0.3 is 0 Å². The zero-order valence-corrected chi connectivity index (χ0v) is 18.7. The molecule has 0 nitrogen and oxygen atoms in total. The first kappa shape index (κ1) is 20.9. The van der Waals surface area contributed by atoms with E-state index in [-0.39, 0.29) is 0 Å². The maximum Gasteiger partial charge on any atom is -0.00893 e. The Hall–Kier alpha value is 1.56.